The molecule has 0 aliphatic heterocycles. The summed E-state index contributed by atoms with van der Waals surface area (Å²) in [7, 11) is 0. The lowest BCUT2D eigenvalue weighted by atomic mass is 10.3. The van der Waals surface area contributed by atoms with Gasteiger partial charge in [0.15, 0.2) is 0 Å². The number of para-hydroxylation sites is 1. The van der Waals surface area contributed by atoms with Gasteiger partial charge in [-0.05, 0) is 12.1 Å². The second kappa shape index (κ2) is 3.45. The second-order valence-corrected chi connectivity index (χ2v) is 2.47. The minimum Gasteiger partial charge on any atom is -0.426 e. The Morgan fingerprint density at radius 2 is 1.50 bits per heavy atom. The standard InChI is InChI=1S/C8H6F4O2/c9-7(10,13)8(11,12)14-6-4-2-1-3-5-6/h1-5,13H. The molecule has 1 aromatic rings. The van der Waals surface area contributed by atoms with Crippen LogP contribution in [0.2, 0.25) is 0 Å². The van der Waals surface area contributed by atoms with Crippen LogP contribution in [-0.4, -0.2) is 17.3 Å². The van der Waals surface area contributed by atoms with Crippen molar-refractivity contribution in [3.05, 3.63) is 30.3 Å². The molecule has 0 fully saturated rings. The highest BCUT2D eigenvalue weighted by molar-refractivity contribution is 5.21. The van der Waals surface area contributed by atoms with Crippen LogP contribution in [0.5, 0.6) is 5.75 Å². The molecular formula is C8H6F4O2. The van der Waals surface area contributed by atoms with E-state index in [1.54, 1.807) is 0 Å². The molecule has 1 rings (SSSR count). The highest BCUT2D eigenvalue weighted by Gasteiger charge is 2.59. The molecule has 0 bridgehead atoms. The molecule has 1 N–H and O–H groups in total. The highest BCUT2D eigenvalue weighted by atomic mass is 19.3. The van der Waals surface area contributed by atoms with Crippen molar-refractivity contribution in [1.82, 2.24) is 0 Å². The average Bonchev–Trinajstić information content (AvgIpc) is 2.03. The zero-order chi connectivity index (χ0) is 10.8. The highest BCUT2D eigenvalue weighted by Crippen LogP contribution is 2.33. The van der Waals surface area contributed by atoms with Crippen LogP contribution in [0.1, 0.15) is 0 Å². The summed E-state index contributed by atoms with van der Waals surface area (Å²) in [5.74, 6) is -0.453. The minimum absolute atomic E-state index is 0.453. The van der Waals surface area contributed by atoms with Gasteiger partial charge < -0.3 is 9.84 Å². The summed E-state index contributed by atoms with van der Waals surface area (Å²) in [6, 6.07) is 6.31. The van der Waals surface area contributed by atoms with Crippen LogP contribution in [0, 0.1) is 0 Å². The Morgan fingerprint density at radius 1 is 1.00 bits per heavy atom. The summed E-state index contributed by atoms with van der Waals surface area (Å²) in [4.78, 5) is 0. The van der Waals surface area contributed by atoms with E-state index < -0.39 is 18.0 Å². The molecule has 0 aromatic heterocycles. The summed E-state index contributed by atoms with van der Waals surface area (Å²) in [6.45, 7) is 0. The number of benzene rings is 1. The van der Waals surface area contributed by atoms with Gasteiger partial charge in [0.05, 0.1) is 0 Å². The molecule has 0 saturated heterocycles. The van der Waals surface area contributed by atoms with E-state index in [1.165, 1.54) is 18.2 Å². The minimum atomic E-state index is -5.21. The molecule has 14 heavy (non-hydrogen) atoms. The molecule has 0 atom stereocenters. The first kappa shape index (κ1) is 10.8. The number of hydrogen-bond donors (Lipinski definition) is 1. The number of rotatable bonds is 3. The number of halogens is 4. The molecule has 0 unspecified atom stereocenters. The maximum absolute atomic E-state index is 12.4. The van der Waals surface area contributed by atoms with Crippen molar-refractivity contribution in [2.45, 2.75) is 12.2 Å². The van der Waals surface area contributed by atoms with Crippen LogP contribution in [0.3, 0.4) is 0 Å². The number of ether oxygens (including phenoxy) is 1. The quantitative estimate of drug-likeness (QED) is 0.775. The van der Waals surface area contributed by atoms with Crippen molar-refractivity contribution in [2.75, 3.05) is 0 Å². The smallest absolute Gasteiger partial charge is 0.426 e. The van der Waals surface area contributed by atoms with E-state index in [4.69, 9.17) is 5.11 Å². The molecule has 1 aromatic carbocycles. The van der Waals surface area contributed by atoms with E-state index in [2.05, 4.69) is 4.74 Å². The SMILES string of the molecule is OC(F)(F)C(F)(F)Oc1ccccc1. The molecular weight excluding hydrogens is 204 g/mol. The van der Waals surface area contributed by atoms with Crippen molar-refractivity contribution >= 4 is 0 Å². The Morgan fingerprint density at radius 3 is 1.93 bits per heavy atom. The van der Waals surface area contributed by atoms with Gasteiger partial charge in [0.2, 0.25) is 0 Å². The number of alkyl halides is 4. The third-order valence-electron chi connectivity index (χ3n) is 1.34. The summed E-state index contributed by atoms with van der Waals surface area (Å²) < 4.78 is 52.2. The first-order chi connectivity index (χ1) is 6.33. The fraction of sp³-hybridized carbons (Fsp3) is 0.250. The fourth-order valence-corrected chi connectivity index (χ4v) is 0.698. The molecule has 0 aliphatic rings. The van der Waals surface area contributed by atoms with E-state index in [9.17, 15) is 17.6 Å². The maximum Gasteiger partial charge on any atom is 0.493 e. The Labute approximate surface area is 76.7 Å². The fourth-order valence-electron chi connectivity index (χ4n) is 0.698. The van der Waals surface area contributed by atoms with E-state index in [-0.39, 0.29) is 0 Å². The van der Waals surface area contributed by atoms with Gasteiger partial charge in [-0.3, -0.25) is 0 Å². The first-order valence-electron chi connectivity index (χ1n) is 3.55. The van der Waals surface area contributed by atoms with Crippen LogP contribution in [0.15, 0.2) is 30.3 Å². The van der Waals surface area contributed by atoms with Crippen LogP contribution < -0.4 is 4.74 Å². The maximum atomic E-state index is 12.4. The van der Waals surface area contributed by atoms with Crippen LogP contribution in [-0.2, 0) is 0 Å². The molecule has 78 valence electrons. The number of aliphatic hydroxyl groups is 1. The second-order valence-electron chi connectivity index (χ2n) is 2.47. The summed E-state index contributed by atoms with van der Waals surface area (Å²) in [5.41, 5.74) is 0. The van der Waals surface area contributed by atoms with Crippen LogP contribution in [0.4, 0.5) is 17.6 Å². The topological polar surface area (TPSA) is 29.5 Å². The normalized spacial score (nSPS) is 12.6. The van der Waals surface area contributed by atoms with Crippen molar-refractivity contribution < 1.29 is 27.4 Å². The van der Waals surface area contributed by atoms with Crippen molar-refractivity contribution in [1.29, 1.82) is 0 Å². The molecule has 0 heterocycles. The van der Waals surface area contributed by atoms with Gasteiger partial charge in [-0.2, -0.15) is 17.6 Å². The zero-order valence-corrected chi connectivity index (χ0v) is 6.75. The summed E-state index contributed by atoms with van der Waals surface area (Å²) in [5, 5.41) is 7.80. The van der Waals surface area contributed by atoms with E-state index in [0.29, 0.717) is 0 Å². The van der Waals surface area contributed by atoms with Gasteiger partial charge >= 0.3 is 12.2 Å². The average molecular weight is 210 g/mol. The Kier molecular flexibility index (Phi) is 2.66. The number of hydrogen-bond acceptors (Lipinski definition) is 2. The first-order valence-corrected chi connectivity index (χ1v) is 3.55. The van der Waals surface area contributed by atoms with Crippen LogP contribution >= 0.6 is 0 Å². The lowest BCUT2D eigenvalue weighted by Gasteiger charge is -2.21. The third-order valence-corrected chi connectivity index (χ3v) is 1.34. The Bertz CT molecular complexity index is 294. The zero-order valence-electron chi connectivity index (χ0n) is 6.75. The molecule has 6 heteroatoms. The van der Waals surface area contributed by atoms with Gasteiger partial charge in [-0.1, -0.05) is 18.2 Å². The van der Waals surface area contributed by atoms with E-state index >= 15 is 0 Å². The van der Waals surface area contributed by atoms with E-state index in [0.717, 1.165) is 12.1 Å². The molecule has 0 saturated carbocycles. The molecule has 2 nitrogen and oxygen atoms in total. The third kappa shape index (κ3) is 2.35. The van der Waals surface area contributed by atoms with E-state index in [1.807, 2.05) is 0 Å². The Balaban J connectivity index is 2.79. The lowest BCUT2D eigenvalue weighted by molar-refractivity contribution is -0.392. The summed E-state index contributed by atoms with van der Waals surface area (Å²) >= 11 is 0. The Hall–Kier alpha value is -1.30. The van der Waals surface area contributed by atoms with Gasteiger partial charge in [-0.15, -0.1) is 0 Å². The predicted octanol–water partition coefficient (Wildman–Crippen LogP) is 2.24. The summed E-state index contributed by atoms with van der Waals surface area (Å²) in [6.07, 6.45) is -10.1. The van der Waals surface area contributed by atoms with Crippen molar-refractivity contribution in [2.24, 2.45) is 0 Å². The monoisotopic (exact) mass is 210 g/mol. The van der Waals surface area contributed by atoms with Gasteiger partial charge in [0.1, 0.15) is 5.75 Å². The lowest BCUT2D eigenvalue weighted by Crippen LogP contribution is -2.45. The predicted molar refractivity (Wildman–Crippen MR) is 39.2 cm³/mol. The van der Waals surface area contributed by atoms with Crippen LogP contribution in [0.25, 0.3) is 0 Å². The largest absolute Gasteiger partial charge is 0.493 e. The van der Waals surface area contributed by atoms with Gasteiger partial charge in [0.25, 0.3) is 0 Å². The van der Waals surface area contributed by atoms with Gasteiger partial charge in [-0.25, -0.2) is 0 Å². The molecule has 0 aliphatic carbocycles. The van der Waals surface area contributed by atoms with Gasteiger partial charge in [0, 0.05) is 0 Å². The molecule has 0 spiro atoms. The molecule has 0 radical (unpaired) electrons. The van der Waals surface area contributed by atoms with Crippen molar-refractivity contribution in [3.63, 3.8) is 0 Å². The van der Waals surface area contributed by atoms with Crippen molar-refractivity contribution in [3.8, 4) is 5.75 Å². The molecule has 0 amide bonds.